The van der Waals surface area contributed by atoms with Crippen LogP contribution in [0.3, 0.4) is 0 Å². The van der Waals surface area contributed by atoms with Crippen molar-refractivity contribution in [2.24, 2.45) is 0 Å². The molecule has 3 heterocycles. The van der Waals surface area contributed by atoms with E-state index in [1.165, 1.54) is 0 Å². The highest BCUT2D eigenvalue weighted by molar-refractivity contribution is 7.09. The lowest BCUT2D eigenvalue weighted by Gasteiger charge is -2.26. The van der Waals surface area contributed by atoms with Crippen molar-refractivity contribution in [3.8, 4) is 5.75 Å². The maximum absolute atomic E-state index is 12.9. The summed E-state index contributed by atoms with van der Waals surface area (Å²) >= 11 is 1.65. The number of ether oxygens (including phenoxy) is 1. The number of fused-ring (bicyclic) bond motifs is 1. The molecule has 0 aliphatic carbocycles. The largest absolute Gasteiger partial charge is 0.494 e. The van der Waals surface area contributed by atoms with Gasteiger partial charge < -0.3 is 15.0 Å². The minimum atomic E-state index is -0.293. The second-order valence-electron chi connectivity index (χ2n) is 5.95. The molecular formula is C20H19N3O2S. The van der Waals surface area contributed by atoms with Crippen LogP contribution in [0.25, 0.3) is 0 Å². The lowest BCUT2D eigenvalue weighted by atomic mass is 10.2. The molecule has 5 nitrogen and oxygen atoms in total. The number of benzene rings is 1. The van der Waals surface area contributed by atoms with Gasteiger partial charge in [0, 0.05) is 16.8 Å². The molecule has 1 aliphatic rings. The highest BCUT2D eigenvalue weighted by atomic mass is 32.1. The molecule has 4 rings (SSSR count). The van der Waals surface area contributed by atoms with Gasteiger partial charge in [-0.2, -0.15) is 0 Å². The number of amides is 1. The van der Waals surface area contributed by atoms with Crippen LogP contribution in [0.2, 0.25) is 0 Å². The predicted molar refractivity (Wildman–Crippen MR) is 102 cm³/mol. The van der Waals surface area contributed by atoms with Crippen LogP contribution in [0, 0.1) is 0 Å². The molecule has 2 aromatic heterocycles. The summed E-state index contributed by atoms with van der Waals surface area (Å²) in [5, 5.41) is 5.47. The Morgan fingerprint density at radius 1 is 1.19 bits per heavy atom. The molecule has 132 valence electrons. The van der Waals surface area contributed by atoms with E-state index in [9.17, 15) is 4.79 Å². The third-order valence-corrected chi connectivity index (χ3v) is 5.14. The topological polar surface area (TPSA) is 54.5 Å². The SMILES string of the molecule is CCOc1ccc(NC2c3ncccc3C(=O)N2Cc2cccs2)cc1. The quantitative estimate of drug-likeness (QED) is 0.707. The Kier molecular flexibility index (Phi) is 4.58. The molecular weight excluding hydrogens is 346 g/mol. The van der Waals surface area contributed by atoms with Crippen LogP contribution in [-0.2, 0) is 6.54 Å². The van der Waals surface area contributed by atoms with Crippen molar-refractivity contribution in [2.45, 2.75) is 19.6 Å². The van der Waals surface area contributed by atoms with E-state index in [1.807, 2.05) is 59.7 Å². The van der Waals surface area contributed by atoms with Crippen LogP contribution >= 0.6 is 11.3 Å². The van der Waals surface area contributed by atoms with Crippen molar-refractivity contribution in [3.05, 3.63) is 76.2 Å². The third kappa shape index (κ3) is 3.15. The Labute approximate surface area is 156 Å². The number of aromatic nitrogens is 1. The van der Waals surface area contributed by atoms with E-state index in [0.717, 1.165) is 22.0 Å². The normalized spacial score (nSPS) is 15.8. The van der Waals surface area contributed by atoms with Crippen LogP contribution in [0.5, 0.6) is 5.75 Å². The van der Waals surface area contributed by atoms with E-state index in [2.05, 4.69) is 10.3 Å². The first-order chi connectivity index (χ1) is 12.8. The average molecular weight is 365 g/mol. The van der Waals surface area contributed by atoms with Gasteiger partial charge in [0.25, 0.3) is 5.91 Å². The minimum Gasteiger partial charge on any atom is -0.494 e. The molecule has 3 aromatic rings. The number of hydrogen-bond acceptors (Lipinski definition) is 5. The molecule has 0 fully saturated rings. The molecule has 0 spiro atoms. The summed E-state index contributed by atoms with van der Waals surface area (Å²) in [6, 6.07) is 15.4. The van der Waals surface area contributed by atoms with Gasteiger partial charge in [-0.25, -0.2) is 0 Å². The number of thiophene rings is 1. The van der Waals surface area contributed by atoms with Gasteiger partial charge in [0.05, 0.1) is 24.4 Å². The fourth-order valence-corrected chi connectivity index (χ4v) is 3.79. The van der Waals surface area contributed by atoms with Crippen LogP contribution in [0.4, 0.5) is 5.69 Å². The Morgan fingerprint density at radius 3 is 2.77 bits per heavy atom. The van der Waals surface area contributed by atoms with Gasteiger partial charge in [0.2, 0.25) is 0 Å². The molecule has 26 heavy (non-hydrogen) atoms. The zero-order valence-electron chi connectivity index (χ0n) is 14.4. The molecule has 6 heteroatoms. The van der Waals surface area contributed by atoms with E-state index in [-0.39, 0.29) is 12.1 Å². The molecule has 0 bridgehead atoms. The second kappa shape index (κ2) is 7.17. The van der Waals surface area contributed by atoms with E-state index in [0.29, 0.717) is 18.7 Å². The maximum atomic E-state index is 12.9. The van der Waals surface area contributed by atoms with Crippen molar-refractivity contribution in [1.29, 1.82) is 0 Å². The number of anilines is 1. The first kappa shape index (κ1) is 16.6. The summed E-state index contributed by atoms with van der Waals surface area (Å²) in [6.45, 7) is 3.15. The first-order valence-corrected chi connectivity index (χ1v) is 9.42. The highest BCUT2D eigenvalue weighted by Gasteiger charge is 2.38. The standard InChI is InChI=1S/C20H19N3O2S/c1-2-25-15-9-7-14(8-10-15)22-19-18-17(6-3-11-21-18)20(24)23(19)13-16-5-4-12-26-16/h3-12,19,22H,2,13H2,1H3. The molecule has 1 atom stereocenters. The van der Waals surface area contributed by atoms with Gasteiger partial charge in [0.15, 0.2) is 0 Å². The van der Waals surface area contributed by atoms with E-state index in [1.54, 1.807) is 23.6 Å². The van der Waals surface area contributed by atoms with Gasteiger partial charge in [-0.05, 0) is 54.8 Å². The highest BCUT2D eigenvalue weighted by Crippen LogP contribution is 2.34. The summed E-state index contributed by atoms with van der Waals surface area (Å²) in [4.78, 5) is 20.3. The Balaban J connectivity index is 1.62. The fraction of sp³-hybridized carbons (Fsp3) is 0.200. The van der Waals surface area contributed by atoms with Crippen molar-refractivity contribution in [3.63, 3.8) is 0 Å². The second-order valence-corrected chi connectivity index (χ2v) is 6.99. The Morgan fingerprint density at radius 2 is 2.04 bits per heavy atom. The number of hydrogen-bond donors (Lipinski definition) is 1. The molecule has 1 amide bonds. The zero-order valence-corrected chi connectivity index (χ0v) is 15.2. The van der Waals surface area contributed by atoms with Crippen LogP contribution in [0.15, 0.2) is 60.1 Å². The average Bonchev–Trinajstić information content (AvgIpc) is 3.27. The minimum absolute atomic E-state index is 0.00457. The summed E-state index contributed by atoms with van der Waals surface area (Å²) in [7, 11) is 0. The lowest BCUT2D eigenvalue weighted by Crippen LogP contribution is -2.31. The van der Waals surface area contributed by atoms with Gasteiger partial charge in [-0.15, -0.1) is 11.3 Å². The maximum Gasteiger partial charge on any atom is 0.258 e. The molecule has 0 radical (unpaired) electrons. The van der Waals surface area contributed by atoms with Crippen LogP contribution in [0.1, 0.15) is 34.0 Å². The summed E-state index contributed by atoms with van der Waals surface area (Å²) in [5.74, 6) is 0.833. The number of nitrogens with one attached hydrogen (secondary N) is 1. The third-order valence-electron chi connectivity index (χ3n) is 4.28. The van der Waals surface area contributed by atoms with Crippen LogP contribution < -0.4 is 10.1 Å². The number of carbonyl (C=O) groups is 1. The number of rotatable bonds is 6. The van der Waals surface area contributed by atoms with Gasteiger partial charge >= 0.3 is 0 Å². The Bertz CT molecular complexity index is 894. The van der Waals surface area contributed by atoms with E-state index in [4.69, 9.17) is 4.74 Å². The fourth-order valence-electron chi connectivity index (χ4n) is 3.09. The van der Waals surface area contributed by atoms with Crippen LogP contribution in [-0.4, -0.2) is 22.4 Å². The van der Waals surface area contributed by atoms with Crippen molar-refractivity contribution in [1.82, 2.24) is 9.88 Å². The molecule has 1 aromatic carbocycles. The molecule has 0 saturated heterocycles. The van der Waals surface area contributed by atoms with Gasteiger partial charge in [-0.3, -0.25) is 9.78 Å². The molecule has 1 aliphatic heterocycles. The van der Waals surface area contributed by atoms with Gasteiger partial charge in [0.1, 0.15) is 11.9 Å². The van der Waals surface area contributed by atoms with Crippen molar-refractivity contribution < 1.29 is 9.53 Å². The summed E-state index contributed by atoms with van der Waals surface area (Å²) < 4.78 is 5.49. The molecule has 1 N–H and O–H groups in total. The van der Waals surface area contributed by atoms with E-state index >= 15 is 0 Å². The summed E-state index contributed by atoms with van der Waals surface area (Å²) in [5.41, 5.74) is 2.34. The zero-order chi connectivity index (χ0) is 17.9. The van der Waals surface area contributed by atoms with Crippen molar-refractivity contribution in [2.75, 3.05) is 11.9 Å². The number of pyridine rings is 1. The number of carbonyl (C=O) groups excluding carboxylic acids is 1. The molecule has 0 saturated carbocycles. The summed E-state index contributed by atoms with van der Waals surface area (Å²) in [6.07, 6.45) is 1.44. The van der Waals surface area contributed by atoms with Gasteiger partial charge in [-0.1, -0.05) is 6.07 Å². The Hall–Kier alpha value is -2.86. The number of nitrogens with zero attached hydrogens (tertiary/aromatic N) is 2. The molecule has 1 unspecified atom stereocenters. The predicted octanol–water partition coefficient (Wildman–Crippen LogP) is 4.31. The lowest BCUT2D eigenvalue weighted by molar-refractivity contribution is 0.0729. The monoisotopic (exact) mass is 365 g/mol. The van der Waals surface area contributed by atoms with E-state index < -0.39 is 0 Å². The smallest absolute Gasteiger partial charge is 0.258 e. The van der Waals surface area contributed by atoms with Crippen molar-refractivity contribution >= 4 is 22.9 Å². The first-order valence-electron chi connectivity index (χ1n) is 8.54.